The van der Waals surface area contributed by atoms with Gasteiger partial charge in [0.15, 0.2) is 0 Å². The minimum absolute atomic E-state index is 0.0494. The molecule has 0 aromatic carbocycles. The van der Waals surface area contributed by atoms with Crippen LogP contribution in [0.4, 0.5) is 0 Å². The molecule has 1 amide bonds. The molecule has 0 aromatic rings. The Bertz CT molecular complexity index is 233. The maximum atomic E-state index is 11.5. The third kappa shape index (κ3) is 2.05. The molecule has 0 aliphatic heterocycles. The Morgan fingerprint density at radius 2 is 2.21 bits per heavy atom. The van der Waals surface area contributed by atoms with Crippen LogP contribution in [0.2, 0.25) is 0 Å². The predicted molar refractivity (Wildman–Crippen MR) is 57.3 cm³/mol. The fraction of sp³-hybridized carbons (Fsp3) is 0.909. The number of carbonyl (C=O) groups is 1. The van der Waals surface area contributed by atoms with Crippen LogP contribution >= 0.6 is 11.6 Å². The van der Waals surface area contributed by atoms with E-state index < -0.39 is 0 Å². The van der Waals surface area contributed by atoms with E-state index >= 15 is 0 Å². The van der Waals surface area contributed by atoms with Crippen LogP contribution in [0.1, 0.15) is 32.6 Å². The van der Waals surface area contributed by atoms with E-state index in [0.29, 0.717) is 11.3 Å². The van der Waals surface area contributed by atoms with E-state index in [9.17, 15) is 4.79 Å². The highest BCUT2D eigenvalue weighted by Crippen LogP contribution is 2.60. The van der Waals surface area contributed by atoms with Gasteiger partial charge in [-0.25, -0.2) is 0 Å². The van der Waals surface area contributed by atoms with E-state index in [1.165, 1.54) is 25.7 Å². The molecule has 2 nitrogen and oxygen atoms in total. The zero-order chi connectivity index (χ0) is 10.2. The molecule has 0 heterocycles. The molecule has 80 valence electrons. The summed E-state index contributed by atoms with van der Waals surface area (Å²) in [6.45, 7) is 2.76. The van der Waals surface area contributed by atoms with Gasteiger partial charge in [0.2, 0.25) is 5.91 Å². The van der Waals surface area contributed by atoms with E-state index in [4.69, 9.17) is 11.6 Å². The lowest BCUT2D eigenvalue weighted by atomic mass is 10.0. The third-order valence-corrected chi connectivity index (χ3v) is 4.09. The van der Waals surface area contributed by atoms with Gasteiger partial charge in [0.25, 0.3) is 0 Å². The van der Waals surface area contributed by atoms with Crippen LogP contribution in [-0.2, 0) is 4.79 Å². The minimum Gasteiger partial charge on any atom is -0.355 e. The molecule has 3 heteroatoms. The number of nitrogens with one attached hydrogen (secondary N) is 1. The van der Waals surface area contributed by atoms with Gasteiger partial charge in [0.05, 0.1) is 0 Å². The Labute approximate surface area is 90.4 Å². The van der Waals surface area contributed by atoms with Crippen LogP contribution in [0, 0.1) is 17.3 Å². The lowest BCUT2D eigenvalue weighted by Gasteiger charge is -2.16. The van der Waals surface area contributed by atoms with Crippen molar-refractivity contribution in [2.24, 2.45) is 17.3 Å². The number of halogens is 1. The number of hydrogen-bond acceptors (Lipinski definition) is 1. The number of rotatable bonds is 5. The molecule has 2 aliphatic rings. The van der Waals surface area contributed by atoms with Crippen molar-refractivity contribution in [1.82, 2.24) is 5.32 Å². The largest absolute Gasteiger partial charge is 0.355 e. The smallest absolute Gasteiger partial charge is 0.224 e. The number of carbonyl (C=O) groups excluding carboxylic acids is 1. The second-order valence-corrected chi connectivity index (χ2v) is 5.22. The molecule has 2 saturated carbocycles. The molecular weight excluding hydrogens is 198 g/mol. The van der Waals surface area contributed by atoms with Crippen LogP contribution in [0.3, 0.4) is 0 Å². The molecule has 1 N–H and O–H groups in total. The molecule has 1 unspecified atom stereocenters. The summed E-state index contributed by atoms with van der Waals surface area (Å²) in [6, 6.07) is 0. The molecule has 1 atom stereocenters. The van der Waals surface area contributed by atoms with Crippen LogP contribution < -0.4 is 5.32 Å². The van der Waals surface area contributed by atoms with Gasteiger partial charge in [0.1, 0.15) is 0 Å². The summed E-state index contributed by atoms with van der Waals surface area (Å²) >= 11 is 5.63. The highest BCUT2D eigenvalue weighted by atomic mass is 35.5. The summed E-state index contributed by atoms with van der Waals surface area (Å²) in [4.78, 5) is 11.5. The summed E-state index contributed by atoms with van der Waals surface area (Å²) < 4.78 is 0. The predicted octanol–water partition coefficient (Wildman–Crippen LogP) is 2.17. The third-order valence-electron chi connectivity index (χ3n) is 3.63. The first-order valence-electron chi connectivity index (χ1n) is 5.52. The van der Waals surface area contributed by atoms with Crippen molar-refractivity contribution in [3.8, 4) is 0 Å². The Morgan fingerprint density at radius 3 is 2.64 bits per heavy atom. The van der Waals surface area contributed by atoms with E-state index in [1.807, 2.05) is 6.92 Å². The average molecular weight is 216 g/mol. The molecule has 2 aliphatic carbocycles. The summed E-state index contributed by atoms with van der Waals surface area (Å²) in [6.07, 6.45) is 5.38. The summed E-state index contributed by atoms with van der Waals surface area (Å²) in [7, 11) is 0. The van der Waals surface area contributed by atoms with Crippen molar-refractivity contribution in [2.45, 2.75) is 32.6 Å². The quantitative estimate of drug-likeness (QED) is 0.700. The van der Waals surface area contributed by atoms with Crippen molar-refractivity contribution >= 4 is 17.5 Å². The zero-order valence-electron chi connectivity index (χ0n) is 8.68. The monoisotopic (exact) mass is 215 g/mol. The van der Waals surface area contributed by atoms with Crippen molar-refractivity contribution < 1.29 is 4.79 Å². The van der Waals surface area contributed by atoms with Gasteiger partial charge >= 0.3 is 0 Å². The number of alkyl halides is 1. The molecule has 0 bridgehead atoms. The molecule has 14 heavy (non-hydrogen) atoms. The molecular formula is C11H18ClNO. The maximum absolute atomic E-state index is 11.5. The van der Waals surface area contributed by atoms with Gasteiger partial charge < -0.3 is 5.32 Å². The molecule has 0 radical (unpaired) electrons. The Hall–Kier alpha value is -0.240. The van der Waals surface area contributed by atoms with Crippen LogP contribution in [0.15, 0.2) is 0 Å². The first-order valence-corrected chi connectivity index (χ1v) is 6.05. The van der Waals surface area contributed by atoms with Gasteiger partial charge in [-0.2, -0.15) is 0 Å². The molecule has 0 aromatic heterocycles. The van der Waals surface area contributed by atoms with Gasteiger partial charge in [-0.15, -0.1) is 11.6 Å². The number of amides is 1. The average Bonchev–Trinajstić information content (AvgIpc) is 3.03. The molecule has 0 saturated heterocycles. The van der Waals surface area contributed by atoms with Crippen molar-refractivity contribution in [3.05, 3.63) is 0 Å². The van der Waals surface area contributed by atoms with E-state index in [-0.39, 0.29) is 11.8 Å². The summed E-state index contributed by atoms with van der Waals surface area (Å²) in [5.74, 6) is 1.40. The van der Waals surface area contributed by atoms with Gasteiger partial charge in [-0.3, -0.25) is 4.79 Å². The van der Waals surface area contributed by atoms with Crippen molar-refractivity contribution in [3.63, 3.8) is 0 Å². The highest BCUT2D eigenvalue weighted by molar-refractivity contribution is 6.19. The second-order valence-electron chi connectivity index (χ2n) is 4.91. The fourth-order valence-corrected chi connectivity index (χ4v) is 2.23. The normalized spacial score (nSPS) is 25.6. The number of hydrogen-bond donors (Lipinski definition) is 1. The minimum atomic E-state index is -0.0494. The van der Waals surface area contributed by atoms with Crippen LogP contribution in [0.5, 0.6) is 0 Å². The highest BCUT2D eigenvalue weighted by Gasteiger charge is 2.53. The molecule has 2 rings (SSSR count). The Kier molecular flexibility index (Phi) is 2.74. The molecule has 0 spiro atoms. The zero-order valence-corrected chi connectivity index (χ0v) is 9.44. The van der Waals surface area contributed by atoms with Gasteiger partial charge in [0, 0.05) is 18.3 Å². The van der Waals surface area contributed by atoms with E-state index in [0.717, 1.165) is 12.5 Å². The topological polar surface area (TPSA) is 29.1 Å². The van der Waals surface area contributed by atoms with E-state index in [2.05, 4.69) is 5.32 Å². The van der Waals surface area contributed by atoms with Gasteiger partial charge in [-0.1, -0.05) is 6.92 Å². The SMILES string of the molecule is CC(CCl)C(=O)NCC1(C2CC2)CC1. The first kappa shape index (κ1) is 10.3. The Morgan fingerprint density at radius 1 is 1.57 bits per heavy atom. The fourth-order valence-electron chi connectivity index (χ4n) is 2.09. The van der Waals surface area contributed by atoms with E-state index in [1.54, 1.807) is 0 Å². The van der Waals surface area contributed by atoms with Crippen molar-refractivity contribution in [1.29, 1.82) is 0 Å². The second kappa shape index (κ2) is 3.73. The Balaban J connectivity index is 1.74. The van der Waals surface area contributed by atoms with Crippen LogP contribution in [-0.4, -0.2) is 18.3 Å². The first-order chi connectivity index (χ1) is 6.68. The summed E-state index contributed by atoms with van der Waals surface area (Å²) in [5, 5.41) is 3.03. The van der Waals surface area contributed by atoms with Crippen molar-refractivity contribution in [2.75, 3.05) is 12.4 Å². The van der Waals surface area contributed by atoms with Gasteiger partial charge in [-0.05, 0) is 37.0 Å². The standard InChI is InChI=1S/C11H18ClNO/c1-8(6-12)10(14)13-7-11(4-5-11)9-2-3-9/h8-9H,2-7H2,1H3,(H,13,14). The maximum Gasteiger partial charge on any atom is 0.224 e. The lowest BCUT2D eigenvalue weighted by molar-refractivity contribution is -0.124. The van der Waals surface area contributed by atoms with Crippen LogP contribution in [0.25, 0.3) is 0 Å². The molecule has 2 fully saturated rings. The summed E-state index contributed by atoms with van der Waals surface area (Å²) in [5.41, 5.74) is 0.502. The lowest BCUT2D eigenvalue weighted by Crippen LogP contribution is -2.35.